The van der Waals surface area contributed by atoms with E-state index in [0.29, 0.717) is 12.0 Å². The number of carbonyl (C=O) groups excluding carboxylic acids is 1. The predicted molar refractivity (Wildman–Crippen MR) is 78.6 cm³/mol. The van der Waals surface area contributed by atoms with E-state index in [0.717, 1.165) is 6.42 Å². The predicted octanol–water partition coefficient (Wildman–Crippen LogP) is 1.46. The first-order valence-electron chi connectivity index (χ1n) is 6.64. The van der Waals surface area contributed by atoms with E-state index in [2.05, 4.69) is 9.71 Å². The molecule has 0 bridgehead atoms. The third-order valence-corrected chi connectivity index (χ3v) is 4.78. The Morgan fingerprint density at radius 3 is 2.67 bits per heavy atom. The molecule has 0 radical (unpaired) electrons. The molecule has 0 saturated carbocycles. The SMILES string of the molecule is CCCC(C)(N=C1NS(=O)(=O)c2ccccc21)C(=O)OC. The smallest absolute Gasteiger partial charge is 0.333 e. The van der Waals surface area contributed by atoms with Crippen LogP contribution in [-0.2, 0) is 19.6 Å². The number of rotatable bonds is 4. The molecule has 1 aliphatic rings. The number of nitrogens with one attached hydrogen (secondary N) is 1. The largest absolute Gasteiger partial charge is 0.467 e. The zero-order chi connectivity index (χ0) is 15.7. The van der Waals surface area contributed by atoms with E-state index < -0.39 is 21.5 Å². The van der Waals surface area contributed by atoms with Crippen LogP contribution in [0.25, 0.3) is 0 Å². The van der Waals surface area contributed by atoms with Gasteiger partial charge in [-0.1, -0.05) is 25.5 Å². The van der Waals surface area contributed by atoms with Crippen LogP contribution in [0.3, 0.4) is 0 Å². The van der Waals surface area contributed by atoms with Crippen LogP contribution >= 0.6 is 0 Å². The minimum absolute atomic E-state index is 0.174. The molecule has 21 heavy (non-hydrogen) atoms. The average molecular weight is 310 g/mol. The Hall–Kier alpha value is -1.89. The van der Waals surface area contributed by atoms with Crippen molar-refractivity contribution in [3.8, 4) is 0 Å². The summed E-state index contributed by atoms with van der Waals surface area (Å²) in [5, 5.41) is 0. The van der Waals surface area contributed by atoms with Gasteiger partial charge in [-0.2, -0.15) is 0 Å². The maximum atomic E-state index is 12.0. The molecule has 7 heteroatoms. The summed E-state index contributed by atoms with van der Waals surface area (Å²) in [6.45, 7) is 3.57. The van der Waals surface area contributed by atoms with Crippen LogP contribution in [0.15, 0.2) is 34.2 Å². The summed E-state index contributed by atoms with van der Waals surface area (Å²) in [4.78, 5) is 16.5. The summed E-state index contributed by atoms with van der Waals surface area (Å²) in [7, 11) is -2.31. The van der Waals surface area contributed by atoms with E-state index in [4.69, 9.17) is 4.74 Å². The Morgan fingerprint density at radius 1 is 1.38 bits per heavy atom. The van der Waals surface area contributed by atoms with Crippen LogP contribution in [-0.4, -0.2) is 32.9 Å². The number of benzene rings is 1. The zero-order valence-corrected chi connectivity index (χ0v) is 13.0. The second kappa shape index (κ2) is 5.48. The minimum atomic E-state index is -3.61. The van der Waals surface area contributed by atoms with Crippen molar-refractivity contribution in [1.29, 1.82) is 0 Å². The second-order valence-corrected chi connectivity index (χ2v) is 6.73. The molecule has 1 unspecified atom stereocenters. The van der Waals surface area contributed by atoms with Crippen molar-refractivity contribution in [3.05, 3.63) is 29.8 Å². The fraction of sp³-hybridized carbons (Fsp3) is 0.429. The Labute approximate surface area is 124 Å². The average Bonchev–Trinajstić information content (AvgIpc) is 2.70. The highest BCUT2D eigenvalue weighted by Crippen LogP contribution is 2.26. The lowest BCUT2D eigenvalue weighted by molar-refractivity contribution is -0.146. The molecule has 114 valence electrons. The summed E-state index contributed by atoms with van der Waals surface area (Å²) in [6, 6.07) is 6.55. The van der Waals surface area contributed by atoms with Crippen LogP contribution < -0.4 is 4.72 Å². The molecule has 1 aromatic carbocycles. The molecule has 0 aromatic heterocycles. The van der Waals surface area contributed by atoms with Gasteiger partial charge in [0, 0.05) is 5.56 Å². The maximum absolute atomic E-state index is 12.0. The molecule has 1 aromatic rings. The summed E-state index contributed by atoms with van der Waals surface area (Å²) in [6.07, 6.45) is 1.18. The third-order valence-electron chi connectivity index (χ3n) is 3.38. The molecule has 0 spiro atoms. The number of hydrogen-bond acceptors (Lipinski definition) is 5. The molecule has 1 heterocycles. The van der Waals surface area contributed by atoms with Gasteiger partial charge in [0.25, 0.3) is 10.0 Å². The van der Waals surface area contributed by atoms with Crippen LogP contribution in [0.1, 0.15) is 32.3 Å². The van der Waals surface area contributed by atoms with Crippen LogP contribution in [0.2, 0.25) is 0 Å². The van der Waals surface area contributed by atoms with Gasteiger partial charge in [-0.25, -0.2) is 18.2 Å². The number of nitrogens with zero attached hydrogens (tertiary/aromatic N) is 1. The Balaban J connectivity index is 2.53. The molecule has 1 N–H and O–H groups in total. The highest BCUT2D eigenvalue weighted by Gasteiger charge is 2.37. The normalized spacial score (nSPS) is 20.4. The molecular weight excluding hydrogens is 292 g/mol. The summed E-state index contributed by atoms with van der Waals surface area (Å²) < 4.78 is 31.3. The number of aliphatic imine (C=N–C) groups is 1. The van der Waals surface area contributed by atoms with Gasteiger partial charge in [-0.15, -0.1) is 0 Å². The molecule has 0 saturated heterocycles. The highest BCUT2D eigenvalue weighted by molar-refractivity contribution is 7.90. The van der Waals surface area contributed by atoms with Crippen molar-refractivity contribution in [2.75, 3.05) is 7.11 Å². The van der Waals surface area contributed by atoms with E-state index in [1.54, 1.807) is 25.1 Å². The number of ether oxygens (including phenoxy) is 1. The van der Waals surface area contributed by atoms with Gasteiger partial charge in [0.1, 0.15) is 5.84 Å². The van der Waals surface area contributed by atoms with Gasteiger partial charge in [0.2, 0.25) is 0 Å². The second-order valence-electron chi connectivity index (χ2n) is 5.08. The summed E-state index contributed by atoms with van der Waals surface area (Å²) >= 11 is 0. The first kappa shape index (κ1) is 15.5. The fourth-order valence-electron chi connectivity index (χ4n) is 2.37. The summed E-state index contributed by atoms with van der Waals surface area (Å²) in [5.41, 5.74) is -0.637. The van der Waals surface area contributed by atoms with Gasteiger partial charge in [-0.3, -0.25) is 4.72 Å². The molecule has 1 aliphatic heterocycles. The third kappa shape index (κ3) is 2.78. The Morgan fingerprint density at radius 2 is 2.05 bits per heavy atom. The van der Waals surface area contributed by atoms with E-state index >= 15 is 0 Å². The number of hydrogen-bond donors (Lipinski definition) is 1. The van der Waals surface area contributed by atoms with Gasteiger partial charge >= 0.3 is 5.97 Å². The Bertz CT molecular complexity index is 697. The van der Waals surface area contributed by atoms with Crippen molar-refractivity contribution >= 4 is 21.8 Å². The molecule has 0 aliphatic carbocycles. The summed E-state index contributed by atoms with van der Waals surface area (Å²) in [5.74, 6) is -0.299. The number of fused-ring (bicyclic) bond motifs is 1. The molecule has 0 amide bonds. The quantitative estimate of drug-likeness (QED) is 0.853. The monoisotopic (exact) mass is 310 g/mol. The van der Waals surface area contributed by atoms with E-state index in [1.807, 2.05) is 6.92 Å². The lowest BCUT2D eigenvalue weighted by Gasteiger charge is -2.22. The lowest BCUT2D eigenvalue weighted by atomic mass is 9.97. The molecule has 0 fully saturated rings. The standard InChI is InChI=1S/C14H18N2O4S/c1-4-9-14(2,13(17)20-3)15-12-10-7-5-6-8-11(10)21(18,19)16-12/h5-8H,4,9H2,1-3H3,(H,15,16). The van der Waals surface area contributed by atoms with Crippen molar-refractivity contribution in [2.24, 2.45) is 4.99 Å². The van der Waals surface area contributed by atoms with Crippen LogP contribution in [0.4, 0.5) is 0 Å². The van der Waals surface area contributed by atoms with Crippen molar-refractivity contribution < 1.29 is 17.9 Å². The van der Waals surface area contributed by atoms with E-state index in [9.17, 15) is 13.2 Å². The number of carbonyl (C=O) groups is 1. The van der Waals surface area contributed by atoms with Crippen LogP contribution in [0, 0.1) is 0 Å². The van der Waals surface area contributed by atoms with Gasteiger partial charge in [0.15, 0.2) is 5.54 Å². The lowest BCUT2D eigenvalue weighted by Crippen LogP contribution is -2.37. The fourth-order valence-corrected chi connectivity index (χ4v) is 3.61. The molecular formula is C14H18N2O4S. The number of sulfonamides is 1. The maximum Gasteiger partial charge on any atom is 0.333 e. The molecule has 1 atom stereocenters. The first-order valence-corrected chi connectivity index (χ1v) is 8.13. The van der Waals surface area contributed by atoms with E-state index in [1.165, 1.54) is 13.2 Å². The van der Waals surface area contributed by atoms with Gasteiger partial charge < -0.3 is 4.74 Å². The Kier molecular flexibility index (Phi) is 4.04. The van der Waals surface area contributed by atoms with Gasteiger partial charge in [-0.05, 0) is 25.5 Å². The molecule has 6 nitrogen and oxygen atoms in total. The minimum Gasteiger partial charge on any atom is -0.467 e. The van der Waals surface area contributed by atoms with Crippen molar-refractivity contribution in [2.45, 2.75) is 37.1 Å². The van der Waals surface area contributed by atoms with Crippen LogP contribution in [0.5, 0.6) is 0 Å². The molecule has 2 rings (SSSR count). The number of esters is 1. The first-order chi connectivity index (χ1) is 9.84. The van der Waals surface area contributed by atoms with E-state index in [-0.39, 0.29) is 10.7 Å². The highest BCUT2D eigenvalue weighted by atomic mass is 32.2. The van der Waals surface area contributed by atoms with Crippen molar-refractivity contribution in [3.63, 3.8) is 0 Å². The van der Waals surface area contributed by atoms with Crippen molar-refractivity contribution in [1.82, 2.24) is 4.72 Å². The topological polar surface area (TPSA) is 84.8 Å². The zero-order valence-electron chi connectivity index (χ0n) is 12.2. The number of amidine groups is 1. The van der Waals surface area contributed by atoms with Gasteiger partial charge in [0.05, 0.1) is 12.0 Å². The number of methoxy groups -OCH3 is 1.